The second-order valence-electron chi connectivity index (χ2n) is 4.46. The zero-order valence-corrected chi connectivity index (χ0v) is 10.9. The van der Waals surface area contributed by atoms with Crippen molar-refractivity contribution in [3.63, 3.8) is 0 Å². The second kappa shape index (κ2) is 5.46. The lowest BCUT2D eigenvalue weighted by Crippen LogP contribution is -1.92. The molecule has 0 bridgehead atoms. The molecule has 1 aromatic heterocycles. The van der Waals surface area contributed by atoms with Crippen molar-refractivity contribution >= 4 is 0 Å². The third kappa shape index (κ3) is 2.32. The van der Waals surface area contributed by atoms with Gasteiger partial charge >= 0.3 is 0 Å². The number of nitrogens with zero attached hydrogens (tertiary/aromatic N) is 1. The maximum absolute atomic E-state index is 13.8. The Morgan fingerprint density at radius 3 is 2.05 bits per heavy atom. The van der Waals surface area contributed by atoms with E-state index in [-0.39, 0.29) is 28.1 Å². The lowest BCUT2D eigenvalue weighted by Gasteiger charge is -2.03. The number of halogens is 2. The van der Waals surface area contributed by atoms with Crippen LogP contribution in [0.4, 0.5) is 8.78 Å². The molecule has 106 valence electrons. The smallest absolute Gasteiger partial charge is 0.175 e. The summed E-state index contributed by atoms with van der Waals surface area (Å²) in [4.78, 5) is 0. The van der Waals surface area contributed by atoms with Crippen LogP contribution in [0.3, 0.4) is 0 Å². The summed E-state index contributed by atoms with van der Waals surface area (Å²) in [6.45, 7) is -0.434. The summed E-state index contributed by atoms with van der Waals surface area (Å²) in [5, 5.41) is 13.3. The second-order valence-corrected chi connectivity index (χ2v) is 4.46. The quantitative estimate of drug-likeness (QED) is 0.797. The molecule has 0 unspecified atom stereocenters. The van der Waals surface area contributed by atoms with Crippen LogP contribution < -0.4 is 0 Å². The molecule has 0 spiro atoms. The highest BCUT2D eigenvalue weighted by Crippen LogP contribution is 2.34. The van der Waals surface area contributed by atoms with E-state index in [9.17, 15) is 13.9 Å². The van der Waals surface area contributed by atoms with E-state index in [0.717, 1.165) is 0 Å². The maximum Gasteiger partial charge on any atom is 0.175 e. The Labute approximate surface area is 119 Å². The van der Waals surface area contributed by atoms with Crippen LogP contribution in [0.2, 0.25) is 0 Å². The molecule has 2 aromatic carbocycles. The number of hydrogen-bond donors (Lipinski definition) is 1. The minimum Gasteiger partial charge on any atom is -0.391 e. The molecule has 0 aliphatic heterocycles. The molecule has 0 saturated carbocycles. The summed E-state index contributed by atoms with van der Waals surface area (Å²) in [5.74, 6) is -0.877. The molecule has 0 amide bonds. The van der Waals surface area contributed by atoms with E-state index in [1.54, 1.807) is 24.3 Å². The summed E-state index contributed by atoms with van der Waals surface area (Å²) in [6, 6.07) is 12.0. The number of hydrogen-bond acceptors (Lipinski definition) is 3. The van der Waals surface area contributed by atoms with Gasteiger partial charge in [-0.05, 0) is 24.3 Å². The van der Waals surface area contributed by atoms with Crippen LogP contribution in [-0.4, -0.2) is 10.3 Å². The molecule has 0 saturated heterocycles. The highest BCUT2D eigenvalue weighted by molar-refractivity contribution is 5.72. The fraction of sp³-hybridized carbons (Fsp3) is 0.0625. The first kappa shape index (κ1) is 13.5. The van der Waals surface area contributed by atoms with Gasteiger partial charge < -0.3 is 9.63 Å². The van der Waals surface area contributed by atoms with Crippen molar-refractivity contribution in [1.29, 1.82) is 0 Å². The SMILES string of the molecule is OCc1c(-c2ccccc2F)noc1-c1ccccc1F. The Hall–Kier alpha value is -2.53. The first-order valence-electron chi connectivity index (χ1n) is 6.31. The molecule has 3 rings (SSSR count). The molecule has 0 aliphatic rings. The summed E-state index contributed by atoms with van der Waals surface area (Å²) in [7, 11) is 0. The van der Waals surface area contributed by atoms with Gasteiger partial charge in [-0.2, -0.15) is 0 Å². The molecule has 0 atom stereocenters. The summed E-state index contributed by atoms with van der Waals surface area (Å²) in [6.07, 6.45) is 0. The number of benzene rings is 2. The molecule has 3 aromatic rings. The molecular weight excluding hydrogens is 276 g/mol. The molecule has 0 radical (unpaired) electrons. The number of aliphatic hydroxyl groups is 1. The first-order chi connectivity index (χ1) is 10.2. The minimum absolute atomic E-state index is 0.105. The predicted molar refractivity (Wildman–Crippen MR) is 73.2 cm³/mol. The lowest BCUT2D eigenvalue weighted by atomic mass is 10.0. The van der Waals surface area contributed by atoms with E-state index in [0.29, 0.717) is 0 Å². The normalized spacial score (nSPS) is 10.8. The van der Waals surface area contributed by atoms with Crippen molar-refractivity contribution in [2.75, 3.05) is 0 Å². The van der Waals surface area contributed by atoms with Gasteiger partial charge in [-0.1, -0.05) is 29.4 Å². The van der Waals surface area contributed by atoms with Crippen molar-refractivity contribution in [2.45, 2.75) is 6.61 Å². The topological polar surface area (TPSA) is 46.3 Å². The van der Waals surface area contributed by atoms with Gasteiger partial charge in [-0.25, -0.2) is 8.78 Å². The largest absolute Gasteiger partial charge is 0.391 e. The molecule has 0 aliphatic carbocycles. The van der Waals surface area contributed by atoms with Crippen LogP contribution >= 0.6 is 0 Å². The Kier molecular flexibility index (Phi) is 3.50. The molecule has 3 nitrogen and oxygen atoms in total. The highest BCUT2D eigenvalue weighted by Gasteiger charge is 2.21. The van der Waals surface area contributed by atoms with Gasteiger partial charge in [-0.3, -0.25) is 0 Å². The fourth-order valence-corrected chi connectivity index (χ4v) is 2.18. The Morgan fingerprint density at radius 2 is 1.48 bits per heavy atom. The first-order valence-corrected chi connectivity index (χ1v) is 6.31. The molecule has 1 N–H and O–H groups in total. The zero-order chi connectivity index (χ0) is 14.8. The van der Waals surface area contributed by atoms with Crippen molar-refractivity contribution in [3.05, 3.63) is 65.7 Å². The van der Waals surface area contributed by atoms with Crippen molar-refractivity contribution in [3.8, 4) is 22.6 Å². The van der Waals surface area contributed by atoms with Gasteiger partial charge in [-0.15, -0.1) is 0 Å². The van der Waals surface area contributed by atoms with Crippen LogP contribution in [0.25, 0.3) is 22.6 Å². The molecular formula is C16H11F2NO2. The van der Waals surface area contributed by atoms with Crippen LogP contribution in [0, 0.1) is 11.6 Å². The van der Waals surface area contributed by atoms with E-state index >= 15 is 0 Å². The average Bonchev–Trinajstić information content (AvgIpc) is 2.91. The molecule has 1 heterocycles. The van der Waals surface area contributed by atoms with Crippen LogP contribution in [0.1, 0.15) is 5.56 Å². The van der Waals surface area contributed by atoms with Crippen molar-refractivity contribution < 1.29 is 18.4 Å². The number of aromatic nitrogens is 1. The van der Waals surface area contributed by atoms with Crippen LogP contribution in [0.15, 0.2) is 53.1 Å². The predicted octanol–water partition coefficient (Wildman–Crippen LogP) is 3.78. The summed E-state index contributed by atoms with van der Waals surface area (Å²) >= 11 is 0. The zero-order valence-electron chi connectivity index (χ0n) is 10.9. The van der Waals surface area contributed by atoms with Crippen molar-refractivity contribution in [2.24, 2.45) is 0 Å². The summed E-state index contributed by atoms with van der Waals surface area (Å²) < 4.78 is 32.8. The summed E-state index contributed by atoms with van der Waals surface area (Å²) in [5.41, 5.74) is 0.809. The van der Waals surface area contributed by atoms with Gasteiger partial charge in [0.1, 0.15) is 17.3 Å². The van der Waals surface area contributed by atoms with E-state index in [1.807, 2.05) is 0 Å². The molecule has 21 heavy (non-hydrogen) atoms. The average molecular weight is 287 g/mol. The minimum atomic E-state index is -0.497. The van der Waals surface area contributed by atoms with E-state index < -0.39 is 18.2 Å². The van der Waals surface area contributed by atoms with Gasteiger partial charge in [0.25, 0.3) is 0 Å². The molecule has 0 fully saturated rings. The Balaban J connectivity index is 2.19. The van der Waals surface area contributed by atoms with Gasteiger partial charge in [0.2, 0.25) is 0 Å². The van der Waals surface area contributed by atoms with Crippen LogP contribution in [-0.2, 0) is 6.61 Å². The maximum atomic E-state index is 13.8. The number of rotatable bonds is 3. The third-order valence-corrected chi connectivity index (χ3v) is 3.19. The monoisotopic (exact) mass is 287 g/mol. The Bertz CT molecular complexity index is 720. The molecule has 5 heteroatoms. The van der Waals surface area contributed by atoms with Crippen molar-refractivity contribution in [1.82, 2.24) is 5.16 Å². The van der Waals surface area contributed by atoms with Gasteiger partial charge in [0.15, 0.2) is 5.76 Å². The number of aliphatic hydroxyl groups excluding tert-OH is 1. The Morgan fingerprint density at radius 1 is 0.905 bits per heavy atom. The van der Waals surface area contributed by atoms with Gasteiger partial charge in [0, 0.05) is 5.56 Å². The van der Waals surface area contributed by atoms with E-state index in [1.165, 1.54) is 24.3 Å². The van der Waals surface area contributed by atoms with Crippen LogP contribution in [0.5, 0.6) is 0 Å². The van der Waals surface area contributed by atoms with E-state index in [4.69, 9.17) is 4.52 Å². The highest BCUT2D eigenvalue weighted by atomic mass is 19.1. The van der Waals surface area contributed by atoms with E-state index in [2.05, 4.69) is 5.16 Å². The van der Waals surface area contributed by atoms with Gasteiger partial charge in [0.05, 0.1) is 17.7 Å². The fourth-order valence-electron chi connectivity index (χ4n) is 2.18. The standard InChI is InChI=1S/C16H11F2NO2/c17-13-7-3-1-5-10(13)15-12(9-20)16(21-19-15)11-6-2-4-8-14(11)18/h1-8,20H,9H2. The lowest BCUT2D eigenvalue weighted by molar-refractivity contribution is 0.281. The third-order valence-electron chi connectivity index (χ3n) is 3.19.